The van der Waals surface area contributed by atoms with Crippen molar-refractivity contribution in [2.24, 2.45) is 11.8 Å². The van der Waals surface area contributed by atoms with Crippen LogP contribution in [-0.4, -0.2) is 12.3 Å². The molecule has 0 aromatic rings. The van der Waals surface area contributed by atoms with Crippen LogP contribution in [0, 0.1) is 11.8 Å². The van der Waals surface area contributed by atoms with Crippen molar-refractivity contribution in [3.05, 3.63) is 23.8 Å². The van der Waals surface area contributed by atoms with Gasteiger partial charge >= 0.3 is 12.3 Å². The van der Waals surface area contributed by atoms with E-state index in [0.717, 1.165) is 11.1 Å². The van der Waals surface area contributed by atoms with Crippen LogP contribution in [0.4, 0.5) is 17.6 Å². The zero-order valence-corrected chi connectivity index (χ0v) is 11.4. The largest absolute Gasteiger partial charge is 0.307 e. The van der Waals surface area contributed by atoms with Crippen LogP contribution in [0.1, 0.15) is 40.5 Å². The van der Waals surface area contributed by atoms with Gasteiger partial charge in [-0.15, -0.1) is 0 Å². The first-order valence-electron chi connectivity index (χ1n) is 6.14. The molecule has 0 aliphatic heterocycles. The van der Waals surface area contributed by atoms with Gasteiger partial charge in [0.05, 0.1) is 0 Å². The molecule has 0 aliphatic rings. The number of halogens is 4. The second-order valence-electron chi connectivity index (χ2n) is 5.06. The van der Waals surface area contributed by atoms with Gasteiger partial charge in [-0.1, -0.05) is 45.9 Å². The average molecular weight is 266 g/mol. The monoisotopic (exact) mass is 266 g/mol. The molecule has 0 aromatic carbocycles. The quantitative estimate of drug-likeness (QED) is 0.424. The summed E-state index contributed by atoms with van der Waals surface area (Å²) in [6.45, 7) is 11.3. The van der Waals surface area contributed by atoms with Gasteiger partial charge in [0.1, 0.15) is 0 Å². The fraction of sp³-hybridized carbons (Fsp3) is 0.714. The molecule has 0 fully saturated rings. The van der Waals surface area contributed by atoms with Crippen molar-refractivity contribution in [2.75, 3.05) is 0 Å². The Morgan fingerprint density at radius 2 is 1.61 bits per heavy atom. The lowest BCUT2D eigenvalue weighted by molar-refractivity contribution is -0.132. The lowest BCUT2D eigenvalue weighted by Crippen LogP contribution is -2.26. The molecule has 0 rings (SSSR count). The molecule has 0 aromatic heterocycles. The molecule has 0 bridgehead atoms. The van der Waals surface area contributed by atoms with Crippen LogP contribution in [0.5, 0.6) is 0 Å². The van der Waals surface area contributed by atoms with E-state index in [9.17, 15) is 17.6 Å². The standard InChI is InChI=1S/C14H22F4/c1-6-11(9(2)3)12(10(4)5)7-8-14(17,18)13(15)16/h6,9-10,13H,1,7-8H2,2-5H3/b12-11+. The maximum atomic E-state index is 12.9. The van der Waals surface area contributed by atoms with Gasteiger partial charge in [0.25, 0.3) is 0 Å². The van der Waals surface area contributed by atoms with E-state index in [1.165, 1.54) is 0 Å². The maximum Gasteiger partial charge on any atom is 0.307 e. The van der Waals surface area contributed by atoms with Crippen molar-refractivity contribution in [3.8, 4) is 0 Å². The molecule has 0 heterocycles. The molecule has 106 valence electrons. The Labute approximate surface area is 107 Å². The molecular weight excluding hydrogens is 244 g/mol. The molecule has 0 atom stereocenters. The topological polar surface area (TPSA) is 0 Å². The second kappa shape index (κ2) is 6.95. The summed E-state index contributed by atoms with van der Waals surface area (Å²) in [4.78, 5) is 0. The highest BCUT2D eigenvalue weighted by Gasteiger charge is 2.40. The Kier molecular flexibility index (Phi) is 6.64. The average Bonchev–Trinajstić information content (AvgIpc) is 2.22. The van der Waals surface area contributed by atoms with E-state index < -0.39 is 18.8 Å². The molecular formula is C14H22F4. The van der Waals surface area contributed by atoms with Gasteiger partial charge in [-0.05, 0) is 23.8 Å². The molecule has 0 saturated carbocycles. The molecule has 0 amide bonds. The van der Waals surface area contributed by atoms with Gasteiger partial charge < -0.3 is 0 Å². The van der Waals surface area contributed by atoms with Crippen LogP contribution in [0.25, 0.3) is 0 Å². The highest BCUT2D eigenvalue weighted by molar-refractivity contribution is 5.27. The molecule has 0 nitrogen and oxygen atoms in total. The van der Waals surface area contributed by atoms with Crippen LogP contribution >= 0.6 is 0 Å². The summed E-state index contributed by atoms with van der Waals surface area (Å²) in [6, 6.07) is 0. The van der Waals surface area contributed by atoms with Crippen molar-refractivity contribution in [2.45, 2.75) is 52.9 Å². The third-order valence-electron chi connectivity index (χ3n) is 2.96. The second-order valence-corrected chi connectivity index (χ2v) is 5.06. The Balaban J connectivity index is 5.02. The van der Waals surface area contributed by atoms with Crippen LogP contribution in [-0.2, 0) is 0 Å². The van der Waals surface area contributed by atoms with E-state index >= 15 is 0 Å². The molecule has 4 heteroatoms. The minimum Gasteiger partial charge on any atom is -0.204 e. The highest BCUT2D eigenvalue weighted by Crippen LogP contribution is 2.33. The van der Waals surface area contributed by atoms with Gasteiger partial charge in [-0.2, -0.15) is 0 Å². The summed E-state index contributed by atoms with van der Waals surface area (Å²) < 4.78 is 50.1. The van der Waals surface area contributed by atoms with E-state index in [1.54, 1.807) is 6.08 Å². The smallest absolute Gasteiger partial charge is 0.204 e. The predicted molar refractivity (Wildman–Crippen MR) is 67.1 cm³/mol. The van der Waals surface area contributed by atoms with Crippen molar-refractivity contribution in [3.63, 3.8) is 0 Å². The normalized spacial score (nSPS) is 14.4. The van der Waals surface area contributed by atoms with Crippen molar-refractivity contribution in [1.29, 1.82) is 0 Å². The zero-order chi connectivity index (χ0) is 14.5. The number of alkyl halides is 4. The van der Waals surface area contributed by atoms with Crippen molar-refractivity contribution < 1.29 is 17.6 Å². The zero-order valence-electron chi connectivity index (χ0n) is 11.4. The van der Waals surface area contributed by atoms with Crippen LogP contribution < -0.4 is 0 Å². The van der Waals surface area contributed by atoms with Crippen LogP contribution in [0.3, 0.4) is 0 Å². The van der Waals surface area contributed by atoms with Gasteiger partial charge in [0, 0.05) is 6.42 Å². The van der Waals surface area contributed by atoms with Gasteiger partial charge in [-0.3, -0.25) is 0 Å². The Morgan fingerprint density at radius 3 is 1.89 bits per heavy atom. The van der Waals surface area contributed by atoms with Crippen LogP contribution in [0.2, 0.25) is 0 Å². The summed E-state index contributed by atoms with van der Waals surface area (Å²) in [5.41, 5.74) is 1.68. The first kappa shape index (κ1) is 17.2. The molecule has 0 aliphatic carbocycles. The SMILES string of the molecule is C=C/C(=C(/CCC(F)(F)C(F)F)C(C)C)C(C)C. The summed E-state index contributed by atoms with van der Waals surface area (Å²) in [5, 5.41) is 0. The predicted octanol–water partition coefficient (Wildman–Crippen LogP) is 5.46. The van der Waals surface area contributed by atoms with Crippen molar-refractivity contribution in [1.82, 2.24) is 0 Å². The third kappa shape index (κ3) is 4.83. The lowest BCUT2D eigenvalue weighted by Gasteiger charge is -2.22. The molecule has 0 saturated heterocycles. The molecule has 0 N–H and O–H groups in total. The number of allylic oxidation sites excluding steroid dienone is 3. The number of rotatable bonds is 7. The van der Waals surface area contributed by atoms with Gasteiger partial charge in [-0.25, -0.2) is 17.6 Å². The fourth-order valence-corrected chi connectivity index (χ4v) is 1.91. The van der Waals surface area contributed by atoms with E-state index in [-0.39, 0.29) is 18.3 Å². The van der Waals surface area contributed by atoms with Crippen molar-refractivity contribution >= 4 is 0 Å². The minimum absolute atomic E-state index is 0.0193. The molecule has 0 spiro atoms. The summed E-state index contributed by atoms with van der Waals surface area (Å²) in [5.74, 6) is -3.71. The number of hydrogen-bond donors (Lipinski definition) is 0. The first-order chi connectivity index (χ1) is 8.13. The summed E-state index contributed by atoms with van der Waals surface area (Å²) >= 11 is 0. The lowest BCUT2D eigenvalue weighted by atomic mass is 9.87. The van der Waals surface area contributed by atoms with Gasteiger partial charge in [0.2, 0.25) is 0 Å². The first-order valence-corrected chi connectivity index (χ1v) is 6.14. The Bertz CT molecular complexity index is 301. The van der Waals surface area contributed by atoms with E-state index in [1.807, 2.05) is 27.7 Å². The Morgan fingerprint density at radius 1 is 1.11 bits per heavy atom. The van der Waals surface area contributed by atoms with E-state index in [4.69, 9.17) is 0 Å². The molecule has 0 unspecified atom stereocenters. The molecule has 18 heavy (non-hydrogen) atoms. The Hall–Kier alpha value is -0.800. The maximum absolute atomic E-state index is 12.9. The van der Waals surface area contributed by atoms with Gasteiger partial charge in [0.15, 0.2) is 0 Å². The summed E-state index contributed by atoms with van der Waals surface area (Å²) in [6.07, 6.45) is -2.80. The van der Waals surface area contributed by atoms with Crippen LogP contribution in [0.15, 0.2) is 23.8 Å². The van der Waals surface area contributed by atoms with E-state index in [0.29, 0.717) is 0 Å². The highest BCUT2D eigenvalue weighted by atomic mass is 19.3. The number of hydrogen-bond acceptors (Lipinski definition) is 0. The third-order valence-corrected chi connectivity index (χ3v) is 2.96. The summed E-state index contributed by atoms with van der Waals surface area (Å²) in [7, 11) is 0. The van der Waals surface area contributed by atoms with E-state index in [2.05, 4.69) is 6.58 Å². The minimum atomic E-state index is -3.91. The molecule has 0 radical (unpaired) electrons. The fourth-order valence-electron chi connectivity index (χ4n) is 1.91.